The number of nitrogens with one attached hydrogen (secondary N) is 1. The van der Waals surface area contributed by atoms with Gasteiger partial charge in [-0.3, -0.25) is 10.1 Å². The van der Waals surface area contributed by atoms with Crippen LogP contribution in [0.3, 0.4) is 0 Å². The minimum absolute atomic E-state index is 0.0137. The van der Waals surface area contributed by atoms with E-state index in [-0.39, 0.29) is 16.3 Å². The van der Waals surface area contributed by atoms with Gasteiger partial charge in [0.2, 0.25) is 5.95 Å². The van der Waals surface area contributed by atoms with Crippen molar-refractivity contribution < 1.29 is 9.53 Å². The summed E-state index contributed by atoms with van der Waals surface area (Å²) in [6, 6.07) is 6.05. The average molecular weight is 381 g/mol. The molecule has 2 rings (SSSR count). The Kier molecular flexibility index (Phi) is 5.69. The van der Waals surface area contributed by atoms with E-state index in [0.29, 0.717) is 15.8 Å². The van der Waals surface area contributed by atoms with Crippen LogP contribution in [0.15, 0.2) is 24.3 Å². The Morgan fingerprint density at radius 1 is 1.14 bits per heavy atom. The molecule has 0 saturated carbocycles. The molecule has 22 heavy (non-hydrogen) atoms. The maximum Gasteiger partial charge on any atom is 0.267 e. The third-order valence-corrected chi connectivity index (χ3v) is 3.38. The van der Waals surface area contributed by atoms with Gasteiger partial charge in [0, 0.05) is 11.1 Å². The van der Waals surface area contributed by atoms with Crippen molar-refractivity contribution in [1.82, 2.24) is 9.97 Å². The molecule has 1 unspecified atom stereocenters. The van der Waals surface area contributed by atoms with E-state index in [0.717, 1.165) is 0 Å². The zero-order valence-electron chi connectivity index (χ0n) is 11.1. The van der Waals surface area contributed by atoms with E-state index in [1.165, 1.54) is 12.1 Å². The molecular formula is C13H9Cl4N3O2. The van der Waals surface area contributed by atoms with Crippen molar-refractivity contribution in [2.75, 3.05) is 5.32 Å². The van der Waals surface area contributed by atoms with Crippen LogP contribution in [0.25, 0.3) is 0 Å². The zero-order chi connectivity index (χ0) is 16.3. The third-order valence-electron chi connectivity index (χ3n) is 2.47. The predicted molar refractivity (Wildman–Crippen MR) is 87.2 cm³/mol. The van der Waals surface area contributed by atoms with Crippen LogP contribution in [0.2, 0.25) is 20.4 Å². The van der Waals surface area contributed by atoms with E-state index >= 15 is 0 Å². The monoisotopic (exact) mass is 379 g/mol. The average Bonchev–Trinajstić information content (AvgIpc) is 2.40. The lowest BCUT2D eigenvalue weighted by molar-refractivity contribution is -0.122. The molecule has 1 heterocycles. The van der Waals surface area contributed by atoms with Crippen LogP contribution in [0, 0.1) is 0 Å². The Morgan fingerprint density at radius 3 is 2.36 bits per heavy atom. The Bertz CT molecular complexity index is 691. The van der Waals surface area contributed by atoms with Crippen molar-refractivity contribution in [1.29, 1.82) is 0 Å². The molecule has 0 spiro atoms. The highest BCUT2D eigenvalue weighted by atomic mass is 35.5. The minimum Gasteiger partial charge on any atom is -0.479 e. The highest BCUT2D eigenvalue weighted by Crippen LogP contribution is 2.28. The number of hydrogen-bond donors (Lipinski definition) is 1. The van der Waals surface area contributed by atoms with E-state index in [1.807, 2.05) is 0 Å². The zero-order valence-corrected chi connectivity index (χ0v) is 14.1. The van der Waals surface area contributed by atoms with Gasteiger partial charge in [-0.05, 0) is 25.1 Å². The van der Waals surface area contributed by atoms with Gasteiger partial charge in [0.25, 0.3) is 5.91 Å². The van der Waals surface area contributed by atoms with Crippen LogP contribution < -0.4 is 10.1 Å². The second-order valence-corrected chi connectivity index (χ2v) is 5.78. The molecule has 2 aromatic rings. The van der Waals surface area contributed by atoms with Crippen molar-refractivity contribution in [3.63, 3.8) is 0 Å². The van der Waals surface area contributed by atoms with Crippen LogP contribution in [0.5, 0.6) is 5.75 Å². The summed E-state index contributed by atoms with van der Waals surface area (Å²) in [6.45, 7) is 1.55. The second kappa shape index (κ2) is 7.33. The molecule has 116 valence electrons. The number of carbonyl (C=O) groups excluding carboxylic acids is 1. The van der Waals surface area contributed by atoms with Crippen LogP contribution in [0.1, 0.15) is 6.92 Å². The van der Waals surface area contributed by atoms with E-state index < -0.39 is 12.0 Å². The number of nitrogens with zero attached hydrogens (tertiary/aromatic N) is 2. The molecule has 0 bridgehead atoms. The molecule has 0 saturated heterocycles. The van der Waals surface area contributed by atoms with Gasteiger partial charge in [0.05, 0.1) is 5.02 Å². The number of hydrogen-bond acceptors (Lipinski definition) is 4. The van der Waals surface area contributed by atoms with Gasteiger partial charge < -0.3 is 4.74 Å². The number of benzene rings is 1. The Hall–Kier alpha value is -1.27. The topological polar surface area (TPSA) is 64.1 Å². The molecule has 0 aliphatic rings. The largest absolute Gasteiger partial charge is 0.479 e. The maximum atomic E-state index is 12.0. The molecule has 1 atom stereocenters. The fraction of sp³-hybridized carbons (Fsp3) is 0.154. The number of rotatable bonds is 4. The lowest BCUT2D eigenvalue weighted by atomic mass is 10.3. The fourth-order valence-corrected chi connectivity index (χ4v) is 2.35. The number of amides is 1. The van der Waals surface area contributed by atoms with Crippen molar-refractivity contribution >= 4 is 58.3 Å². The van der Waals surface area contributed by atoms with E-state index in [2.05, 4.69) is 15.3 Å². The second-order valence-electron chi connectivity index (χ2n) is 4.16. The van der Waals surface area contributed by atoms with Crippen molar-refractivity contribution in [3.8, 4) is 5.75 Å². The van der Waals surface area contributed by atoms with Gasteiger partial charge in [-0.15, -0.1) is 0 Å². The molecule has 1 N–H and O–H groups in total. The number of halogens is 4. The lowest BCUT2D eigenvalue weighted by Crippen LogP contribution is -2.31. The highest BCUT2D eigenvalue weighted by molar-refractivity contribution is 6.35. The summed E-state index contributed by atoms with van der Waals surface area (Å²) < 4.78 is 5.47. The molecule has 5 nitrogen and oxygen atoms in total. The number of anilines is 1. The molecule has 0 aliphatic carbocycles. The summed E-state index contributed by atoms with van der Waals surface area (Å²) in [5, 5.41) is 3.45. The summed E-state index contributed by atoms with van der Waals surface area (Å²) in [7, 11) is 0. The number of aromatic nitrogens is 2. The van der Waals surface area contributed by atoms with E-state index in [4.69, 9.17) is 51.1 Å². The first kappa shape index (κ1) is 17.1. The summed E-state index contributed by atoms with van der Waals surface area (Å²) in [5.41, 5.74) is 0. The van der Waals surface area contributed by atoms with Crippen LogP contribution in [0.4, 0.5) is 5.95 Å². The van der Waals surface area contributed by atoms with Gasteiger partial charge in [-0.2, -0.15) is 0 Å². The first-order valence-electron chi connectivity index (χ1n) is 5.98. The van der Waals surface area contributed by atoms with E-state index in [1.54, 1.807) is 19.1 Å². The Labute approximate surface area is 146 Å². The minimum atomic E-state index is -0.847. The molecule has 1 aromatic carbocycles. The van der Waals surface area contributed by atoms with Crippen molar-refractivity contribution in [2.24, 2.45) is 0 Å². The fourth-order valence-electron chi connectivity index (χ4n) is 1.47. The van der Waals surface area contributed by atoms with Gasteiger partial charge in [0.15, 0.2) is 6.10 Å². The number of carbonyl (C=O) groups is 1. The molecule has 0 aliphatic heterocycles. The van der Waals surface area contributed by atoms with Gasteiger partial charge in [-0.1, -0.05) is 46.4 Å². The summed E-state index contributed by atoms with van der Waals surface area (Å²) in [6.07, 6.45) is -0.847. The van der Waals surface area contributed by atoms with Crippen LogP contribution in [-0.2, 0) is 4.79 Å². The van der Waals surface area contributed by atoms with Gasteiger partial charge in [0.1, 0.15) is 16.1 Å². The van der Waals surface area contributed by atoms with Gasteiger partial charge in [-0.25, -0.2) is 9.97 Å². The summed E-state index contributed by atoms with van der Waals surface area (Å²) in [5.74, 6) is -0.164. The first-order chi connectivity index (χ1) is 10.3. The molecule has 0 fully saturated rings. The highest BCUT2D eigenvalue weighted by Gasteiger charge is 2.18. The van der Waals surface area contributed by atoms with E-state index in [9.17, 15) is 4.79 Å². The number of ether oxygens (including phenoxy) is 1. The molecular weight excluding hydrogens is 372 g/mol. The van der Waals surface area contributed by atoms with Gasteiger partial charge >= 0.3 is 0 Å². The molecule has 1 amide bonds. The third kappa shape index (κ3) is 4.61. The summed E-state index contributed by atoms with van der Waals surface area (Å²) >= 11 is 23.2. The predicted octanol–water partition coefficient (Wildman–Crippen LogP) is 4.50. The van der Waals surface area contributed by atoms with Crippen LogP contribution >= 0.6 is 46.4 Å². The molecule has 0 radical (unpaired) electrons. The van der Waals surface area contributed by atoms with Crippen LogP contribution in [-0.4, -0.2) is 22.0 Å². The maximum absolute atomic E-state index is 12.0. The Balaban J connectivity index is 2.05. The quantitative estimate of drug-likeness (QED) is 0.793. The summed E-state index contributed by atoms with van der Waals surface area (Å²) in [4.78, 5) is 19.7. The lowest BCUT2D eigenvalue weighted by Gasteiger charge is -2.15. The normalized spacial score (nSPS) is 11.9. The van der Waals surface area contributed by atoms with Crippen molar-refractivity contribution in [3.05, 3.63) is 44.6 Å². The smallest absolute Gasteiger partial charge is 0.267 e. The SMILES string of the molecule is CC(Oc1ccc(Cl)cc1Cl)C(=O)Nc1nc(Cl)cc(Cl)n1. The Morgan fingerprint density at radius 2 is 1.77 bits per heavy atom. The standard InChI is InChI=1S/C13H9Cl4N3O2/c1-6(22-9-3-2-7(14)4-8(9)15)12(21)20-13-18-10(16)5-11(17)19-13/h2-6H,1H3,(H,18,19,20,21). The first-order valence-corrected chi connectivity index (χ1v) is 7.49. The van der Waals surface area contributed by atoms with Crippen molar-refractivity contribution in [2.45, 2.75) is 13.0 Å². The molecule has 1 aromatic heterocycles. The molecule has 9 heteroatoms.